The maximum atomic E-state index is 12.3. The highest BCUT2D eigenvalue weighted by Crippen LogP contribution is 2.41. The third kappa shape index (κ3) is 1.70. The molecule has 0 saturated heterocycles. The maximum absolute atomic E-state index is 12.3. The summed E-state index contributed by atoms with van der Waals surface area (Å²) in [6, 6.07) is 5.53. The molecule has 0 bridgehead atoms. The molecule has 0 saturated carbocycles. The van der Waals surface area contributed by atoms with Crippen molar-refractivity contribution < 1.29 is 9.53 Å². The summed E-state index contributed by atoms with van der Waals surface area (Å²) in [7, 11) is 0. The van der Waals surface area contributed by atoms with Crippen LogP contribution in [0.1, 0.15) is 10.4 Å². The Balaban J connectivity index is 2.15. The van der Waals surface area contributed by atoms with E-state index in [0.29, 0.717) is 11.3 Å². The maximum Gasteiger partial charge on any atom is 0.177 e. The highest BCUT2D eigenvalue weighted by molar-refractivity contribution is 9.11. The first kappa shape index (κ1) is 11.2. The predicted molar refractivity (Wildman–Crippen MR) is 72.5 cm³/mol. The van der Waals surface area contributed by atoms with E-state index in [1.54, 1.807) is 6.07 Å². The van der Waals surface area contributed by atoms with E-state index in [-0.39, 0.29) is 17.8 Å². The molecule has 0 amide bonds. The third-order valence-corrected chi connectivity index (χ3v) is 4.29. The van der Waals surface area contributed by atoms with Crippen molar-refractivity contribution in [3.63, 3.8) is 0 Å². The van der Waals surface area contributed by atoms with Crippen LogP contribution < -0.4 is 4.74 Å². The molecule has 1 aliphatic heterocycles. The van der Waals surface area contributed by atoms with Gasteiger partial charge in [-0.2, -0.15) is 0 Å². The molecule has 2 nitrogen and oxygen atoms in total. The largest absolute Gasteiger partial charge is 0.482 e. The number of para-hydroxylation sites is 1. The number of ketones is 1. The van der Waals surface area contributed by atoms with E-state index in [2.05, 4.69) is 31.9 Å². The number of carbonyl (C=O) groups excluding carboxylic acids is 1. The van der Waals surface area contributed by atoms with Crippen molar-refractivity contribution >= 4 is 37.6 Å². The normalized spacial score (nSPS) is 25.8. The summed E-state index contributed by atoms with van der Waals surface area (Å²) in [6.45, 7) is 0. The number of hydrogen-bond donors (Lipinski definition) is 0. The van der Waals surface area contributed by atoms with Gasteiger partial charge in [0, 0.05) is 4.48 Å². The third-order valence-electron chi connectivity index (χ3n) is 2.95. The van der Waals surface area contributed by atoms with Crippen LogP contribution in [0.5, 0.6) is 5.75 Å². The van der Waals surface area contributed by atoms with Gasteiger partial charge in [-0.3, -0.25) is 4.79 Å². The number of halogens is 2. The number of benzene rings is 1. The number of carbonyl (C=O) groups is 1. The Kier molecular flexibility index (Phi) is 2.71. The zero-order valence-corrected chi connectivity index (χ0v) is 11.9. The van der Waals surface area contributed by atoms with Crippen LogP contribution in [0.15, 0.2) is 45.4 Å². The molecule has 2 atom stereocenters. The Labute approximate surface area is 116 Å². The van der Waals surface area contributed by atoms with E-state index in [0.717, 1.165) is 8.96 Å². The summed E-state index contributed by atoms with van der Waals surface area (Å²) in [5, 5.41) is 0. The summed E-state index contributed by atoms with van der Waals surface area (Å²) < 4.78 is 7.63. The van der Waals surface area contributed by atoms with Crippen LogP contribution in [0.2, 0.25) is 0 Å². The average Bonchev–Trinajstić information content (AvgIpc) is 2.32. The monoisotopic (exact) mass is 354 g/mol. The average molecular weight is 356 g/mol. The van der Waals surface area contributed by atoms with Crippen molar-refractivity contribution in [3.05, 3.63) is 50.9 Å². The SMILES string of the molecule is O=C1c2cccc(Br)c2OC2C(Br)=CC=CC12. The Morgan fingerprint density at radius 3 is 2.88 bits per heavy atom. The summed E-state index contributed by atoms with van der Waals surface area (Å²) in [5.74, 6) is 0.523. The zero-order chi connectivity index (χ0) is 12.0. The molecule has 1 aliphatic carbocycles. The number of Topliss-reactive ketones (excluding diaryl/α,β-unsaturated/α-hetero) is 1. The first-order chi connectivity index (χ1) is 8.18. The standard InChI is InChI=1S/C13H8Br2O2/c14-9-5-1-3-7-11(16)8-4-2-6-10(15)13(8)17-12(7)9/h1-7,12H. The number of hydrogen-bond acceptors (Lipinski definition) is 2. The van der Waals surface area contributed by atoms with Crippen molar-refractivity contribution in [1.29, 1.82) is 0 Å². The van der Waals surface area contributed by atoms with Gasteiger partial charge in [-0.15, -0.1) is 0 Å². The van der Waals surface area contributed by atoms with Crippen molar-refractivity contribution in [2.45, 2.75) is 6.10 Å². The van der Waals surface area contributed by atoms with E-state index >= 15 is 0 Å². The van der Waals surface area contributed by atoms with Crippen LogP contribution in [0.3, 0.4) is 0 Å². The minimum absolute atomic E-state index is 0.110. The molecular weight excluding hydrogens is 348 g/mol. The van der Waals surface area contributed by atoms with Gasteiger partial charge in [-0.1, -0.05) is 34.1 Å². The molecule has 1 aromatic carbocycles. The van der Waals surface area contributed by atoms with Crippen LogP contribution in [-0.4, -0.2) is 11.9 Å². The van der Waals surface area contributed by atoms with Gasteiger partial charge in [0.2, 0.25) is 0 Å². The van der Waals surface area contributed by atoms with E-state index in [9.17, 15) is 4.79 Å². The summed E-state index contributed by atoms with van der Waals surface area (Å²) in [5.41, 5.74) is 0.646. The molecule has 0 spiro atoms. The smallest absolute Gasteiger partial charge is 0.177 e. The number of fused-ring (bicyclic) bond motifs is 2. The molecule has 1 heterocycles. The first-order valence-corrected chi connectivity index (χ1v) is 6.80. The lowest BCUT2D eigenvalue weighted by Gasteiger charge is -2.32. The lowest BCUT2D eigenvalue weighted by atomic mass is 9.86. The topological polar surface area (TPSA) is 26.3 Å². The van der Waals surface area contributed by atoms with Crippen LogP contribution in [0, 0.1) is 5.92 Å². The van der Waals surface area contributed by atoms with Crippen LogP contribution in [0.25, 0.3) is 0 Å². The molecule has 17 heavy (non-hydrogen) atoms. The molecule has 4 heteroatoms. The predicted octanol–water partition coefficient (Wildman–Crippen LogP) is 3.86. The molecule has 86 valence electrons. The first-order valence-electron chi connectivity index (χ1n) is 5.22. The fraction of sp³-hybridized carbons (Fsp3) is 0.154. The highest BCUT2D eigenvalue weighted by atomic mass is 79.9. The quantitative estimate of drug-likeness (QED) is 0.706. The minimum Gasteiger partial charge on any atom is -0.482 e. The molecule has 2 unspecified atom stereocenters. The van der Waals surface area contributed by atoms with E-state index in [1.165, 1.54) is 0 Å². The van der Waals surface area contributed by atoms with Crippen LogP contribution >= 0.6 is 31.9 Å². The van der Waals surface area contributed by atoms with Gasteiger partial charge in [0.1, 0.15) is 11.9 Å². The van der Waals surface area contributed by atoms with E-state index in [1.807, 2.05) is 30.4 Å². The molecule has 3 rings (SSSR count). The molecule has 1 aromatic rings. The Morgan fingerprint density at radius 1 is 1.24 bits per heavy atom. The van der Waals surface area contributed by atoms with Gasteiger partial charge in [-0.05, 0) is 34.1 Å². The fourth-order valence-electron chi connectivity index (χ4n) is 2.12. The Morgan fingerprint density at radius 2 is 2.06 bits per heavy atom. The van der Waals surface area contributed by atoms with Gasteiger partial charge >= 0.3 is 0 Å². The van der Waals surface area contributed by atoms with Gasteiger partial charge in [0.25, 0.3) is 0 Å². The summed E-state index contributed by atoms with van der Waals surface area (Å²) in [6.07, 6.45) is 5.45. The molecule has 0 radical (unpaired) electrons. The lowest BCUT2D eigenvalue weighted by molar-refractivity contribution is 0.0801. The zero-order valence-electron chi connectivity index (χ0n) is 8.69. The van der Waals surface area contributed by atoms with Gasteiger partial charge in [-0.25, -0.2) is 0 Å². The molecule has 0 fully saturated rings. The van der Waals surface area contributed by atoms with Crippen LogP contribution in [0.4, 0.5) is 0 Å². The van der Waals surface area contributed by atoms with Crippen molar-refractivity contribution in [2.24, 2.45) is 5.92 Å². The Bertz CT molecular complexity index is 561. The second-order valence-corrected chi connectivity index (χ2v) is 5.75. The number of ether oxygens (including phenoxy) is 1. The molecule has 0 N–H and O–H groups in total. The van der Waals surface area contributed by atoms with E-state index in [4.69, 9.17) is 4.74 Å². The van der Waals surface area contributed by atoms with Crippen molar-refractivity contribution in [1.82, 2.24) is 0 Å². The Hall–Kier alpha value is -0.870. The second kappa shape index (κ2) is 4.10. The fourth-order valence-corrected chi connectivity index (χ4v) is 3.11. The molecular formula is C13H8Br2O2. The van der Waals surface area contributed by atoms with E-state index < -0.39 is 0 Å². The molecule has 0 aromatic heterocycles. The second-order valence-electron chi connectivity index (χ2n) is 3.98. The molecule has 2 aliphatic rings. The van der Waals surface area contributed by atoms with Gasteiger partial charge in [0.05, 0.1) is 16.0 Å². The summed E-state index contributed by atoms with van der Waals surface area (Å²) in [4.78, 5) is 12.3. The van der Waals surface area contributed by atoms with Crippen molar-refractivity contribution in [3.8, 4) is 5.75 Å². The minimum atomic E-state index is -0.237. The summed E-state index contributed by atoms with van der Waals surface area (Å²) >= 11 is 6.87. The van der Waals surface area contributed by atoms with Crippen molar-refractivity contribution in [2.75, 3.05) is 0 Å². The number of rotatable bonds is 0. The lowest BCUT2D eigenvalue weighted by Crippen LogP contribution is -2.38. The van der Waals surface area contributed by atoms with Gasteiger partial charge < -0.3 is 4.74 Å². The van der Waals surface area contributed by atoms with Gasteiger partial charge in [0.15, 0.2) is 5.78 Å². The van der Waals surface area contributed by atoms with Crippen LogP contribution in [-0.2, 0) is 0 Å². The number of allylic oxidation sites excluding steroid dienone is 2. The highest BCUT2D eigenvalue weighted by Gasteiger charge is 2.38.